The van der Waals surface area contributed by atoms with Gasteiger partial charge in [0.1, 0.15) is 6.04 Å². The van der Waals surface area contributed by atoms with E-state index in [-0.39, 0.29) is 23.8 Å². The summed E-state index contributed by atoms with van der Waals surface area (Å²) in [7, 11) is 1.42. The fourth-order valence-corrected chi connectivity index (χ4v) is 1.77. The summed E-state index contributed by atoms with van der Waals surface area (Å²) < 4.78 is 10.1. The molecule has 1 aromatic heterocycles. The van der Waals surface area contributed by atoms with E-state index < -0.39 is 11.9 Å². The number of ether oxygens (including phenoxy) is 2. The highest BCUT2D eigenvalue weighted by Gasteiger charge is 2.30. The van der Waals surface area contributed by atoms with Crippen molar-refractivity contribution in [2.75, 3.05) is 31.8 Å². The standard InChI is InChI=1S/C9H12ClN5O3/c1-17-9-13-7(10)12-8(14-9)15-2-3-18-4-5(15)6(11)16/h5H,2-4H2,1H3,(H2,11,16). The third kappa shape index (κ3) is 2.59. The summed E-state index contributed by atoms with van der Waals surface area (Å²) in [5.41, 5.74) is 5.31. The molecule has 0 spiro atoms. The maximum absolute atomic E-state index is 11.3. The average Bonchev–Trinajstić information content (AvgIpc) is 2.38. The number of halogens is 1. The number of carbonyl (C=O) groups is 1. The summed E-state index contributed by atoms with van der Waals surface area (Å²) in [4.78, 5) is 24.7. The van der Waals surface area contributed by atoms with Crippen molar-refractivity contribution < 1.29 is 14.3 Å². The van der Waals surface area contributed by atoms with E-state index in [9.17, 15) is 4.79 Å². The number of nitrogens with two attached hydrogens (primary N) is 1. The number of methoxy groups -OCH3 is 1. The van der Waals surface area contributed by atoms with Gasteiger partial charge in [0.15, 0.2) is 0 Å². The summed E-state index contributed by atoms with van der Waals surface area (Å²) in [5.74, 6) is -0.260. The molecule has 0 aromatic carbocycles. The van der Waals surface area contributed by atoms with Gasteiger partial charge in [-0.05, 0) is 11.6 Å². The lowest BCUT2D eigenvalue weighted by atomic mass is 10.2. The molecule has 9 heteroatoms. The van der Waals surface area contributed by atoms with E-state index in [0.717, 1.165) is 0 Å². The molecule has 0 bridgehead atoms. The van der Waals surface area contributed by atoms with Gasteiger partial charge in [-0.25, -0.2) is 0 Å². The average molecular weight is 274 g/mol. The van der Waals surface area contributed by atoms with Crippen molar-refractivity contribution in [2.45, 2.75) is 6.04 Å². The first-order valence-electron chi connectivity index (χ1n) is 5.21. The van der Waals surface area contributed by atoms with Crippen LogP contribution >= 0.6 is 11.6 Å². The number of nitrogens with zero attached hydrogens (tertiary/aromatic N) is 4. The molecular formula is C9H12ClN5O3. The van der Waals surface area contributed by atoms with Crippen LogP contribution in [0.15, 0.2) is 0 Å². The molecule has 2 rings (SSSR count). The first-order valence-corrected chi connectivity index (χ1v) is 5.59. The van der Waals surface area contributed by atoms with Gasteiger partial charge in [-0.2, -0.15) is 15.0 Å². The number of primary amides is 1. The number of rotatable bonds is 3. The third-order valence-electron chi connectivity index (χ3n) is 2.47. The van der Waals surface area contributed by atoms with Crippen molar-refractivity contribution in [3.8, 4) is 6.01 Å². The first kappa shape index (κ1) is 12.8. The van der Waals surface area contributed by atoms with Gasteiger partial charge in [-0.15, -0.1) is 0 Å². The van der Waals surface area contributed by atoms with E-state index in [1.54, 1.807) is 4.90 Å². The van der Waals surface area contributed by atoms with Gasteiger partial charge < -0.3 is 20.1 Å². The summed E-state index contributed by atoms with van der Waals surface area (Å²) in [5, 5.41) is -0.00781. The van der Waals surface area contributed by atoms with Crippen LogP contribution in [-0.4, -0.2) is 53.8 Å². The number of amides is 1. The SMILES string of the molecule is COc1nc(Cl)nc(N2CCOCC2C(N)=O)n1. The molecule has 0 saturated carbocycles. The summed E-state index contributed by atoms with van der Waals surface area (Å²) >= 11 is 5.76. The van der Waals surface area contributed by atoms with E-state index in [1.807, 2.05) is 0 Å². The lowest BCUT2D eigenvalue weighted by Gasteiger charge is -2.33. The Kier molecular flexibility index (Phi) is 3.78. The number of hydrogen-bond acceptors (Lipinski definition) is 7. The van der Waals surface area contributed by atoms with Gasteiger partial charge in [0, 0.05) is 6.54 Å². The van der Waals surface area contributed by atoms with Gasteiger partial charge in [0.05, 0.1) is 20.3 Å². The largest absolute Gasteiger partial charge is 0.467 e. The molecule has 1 aliphatic heterocycles. The van der Waals surface area contributed by atoms with Crippen LogP contribution in [0.25, 0.3) is 0 Å². The highest BCUT2D eigenvalue weighted by atomic mass is 35.5. The highest BCUT2D eigenvalue weighted by molar-refractivity contribution is 6.28. The Bertz CT molecular complexity index is 458. The smallest absolute Gasteiger partial charge is 0.322 e. The number of aromatic nitrogens is 3. The van der Waals surface area contributed by atoms with Crippen LogP contribution in [0.1, 0.15) is 0 Å². The molecule has 2 N–H and O–H groups in total. The number of carbonyl (C=O) groups excluding carboxylic acids is 1. The predicted octanol–water partition coefficient (Wildman–Crippen LogP) is -0.776. The Hall–Kier alpha value is -1.67. The normalized spacial score (nSPS) is 19.7. The molecule has 1 saturated heterocycles. The van der Waals surface area contributed by atoms with E-state index in [0.29, 0.717) is 13.2 Å². The van der Waals surface area contributed by atoms with Crippen molar-refractivity contribution >= 4 is 23.5 Å². The molecule has 1 atom stereocenters. The summed E-state index contributed by atoms with van der Waals surface area (Å²) in [6, 6.07) is -0.540. The van der Waals surface area contributed by atoms with E-state index in [4.69, 9.17) is 26.8 Å². The molecule has 2 heterocycles. The molecule has 18 heavy (non-hydrogen) atoms. The fourth-order valence-electron chi connectivity index (χ4n) is 1.62. The van der Waals surface area contributed by atoms with Gasteiger partial charge in [0.25, 0.3) is 0 Å². The van der Waals surface area contributed by atoms with Gasteiger partial charge in [-0.1, -0.05) is 0 Å². The Balaban J connectivity index is 2.33. The zero-order valence-corrected chi connectivity index (χ0v) is 10.4. The monoisotopic (exact) mass is 273 g/mol. The van der Waals surface area contributed by atoms with Crippen LogP contribution in [0.4, 0.5) is 5.95 Å². The van der Waals surface area contributed by atoms with Crippen molar-refractivity contribution in [3.63, 3.8) is 0 Å². The minimum absolute atomic E-state index is 0.00781. The Morgan fingerprint density at radius 1 is 1.56 bits per heavy atom. The molecule has 1 aliphatic rings. The van der Waals surface area contributed by atoms with E-state index in [1.165, 1.54) is 7.11 Å². The topological polar surface area (TPSA) is 103 Å². The van der Waals surface area contributed by atoms with Gasteiger partial charge >= 0.3 is 6.01 Å². The van der Waals surface area contributed by atoms with E-state index in [2.05, 4.69) is 15.0 Å². The number of anilines is 1. The minimum atomic E-state index is -0.623. The Morgan fingerprint density at radius 3 is 3.00 bits per heavy atom. The van der Waals surface area contributed by atoms with Gasteiger partial charge in [-0.3, -0.25) is 4.79 Å². The molecule has 1 fully saturated rings. The van der Waals surface area contributed by atoms with Crippen LogP contribution in [0.5, 0.6) is 6.01 Å². The lowest BCUT2D eigenvalue weighted by molar-refractivity contribution is -0.121. The van der Waals surface area contributed by atoms with Crippen LogP contribution in [0, 0.1) is 0 Å². The predicted molar refractivity (Wildman–Crippen MR) is 62.5 cm³/mol. The van der Waals surface area contributed by atoms with Gasteiger partial charge in [0.2, 0.25) is 17.1 Å². The zero-order chi connectivity index (χ0) is 13.1. The lowest BCUT2D eigenvalue weighted by Crippen LogP contribution is -2.53. The maximum atomic E-state index is 11.3. The molecule has 8 nitrogen and oxygen atoms in total. The summed E-state index contributed by atoms with van der Waals surface area (Å²) in [6.07, 6.45) is 0. The zero-order valence-electron chi connectivity index (χ0n) is 9.67. The Labute approximate surface area is 108 Å². The first-order chi connectivity index (χ1) is 8.61. The van der Waals surface area contributed by atoms with Crippen LogP contribution in [0.2, 0.25) is 5.28 Å². The second-order valence-electron chi connectivity index (χ2n) is 3.58. The highest BCUT2D eigenvalue weighted by Crippen LogP contribution is 2.19. The maximum Gasteiger partial charge on any atom is 0.322 e. The van der Waals surface area contributed by atoms with E-state index >= 15 is 0 Å². The fraction of sp³-hybridized carbons (Fsp3) is 0.556. The van der Waals surface area contributed by atoms with Crippen molar-refractivity contribution in [3.05, 3.63) is 5.28 Å². The summed E-state index contributed by atoms with van der Waals surface area (Å²) in [6.45, 7) is 1.09. The minimum Gasteiger partial charge on any atom is -0.467 e. The van der Waals surface area contributed by atoms with Crippen LogP contribution in [0.3, 0.4) is 0 Å². The third-order valence-corrected chi connectivity index (χ3v) is 2.64. The van der Waals surface area contributed by atoms with Crippen LogP contribution < -0.4 is 15.4 Å². The second-order valence-corrected chi connectivity index (χ2v) is 3.92. The molecule has 1 aromatic rings. The second kappa shape index (κ2) is 5.32. The van der Waals surface area contributed by atoms with Crippen LogP contribution in [-0.2, 0) is 9.53 Å². The molecule has 0 radical (unpaired) electrons. The molecule has 0 aliphatic carbocycles. The number of morpholine rings is 1. The Morgan fingerprint density at radius 2 is 2.33 bits per heavy atom. The van der Waals surface area contributed by atoms with Crippen molar-refractivity contribution in [1.82, 2.24) is 15.0 Å². The van der Waals surface area contributed by atoms with Crippen molar-refractivity contribution in [1.29, 1.82) is 0 Å². The number of hydrogen-bond donors (Lipinski definition) is 1. The molecule has 1 amide bonds. The van der Waals surface area contributed by atoms with Crippen molar-refractivity contribution in [2.24, 2.45) is 5.73 Å². The quantitative estimate of drug-likeness (QED) is 0.771. The molecule has 1 unspecified atom stereocenters. The molecular weight excluding hydrogens is 262 g/mol. The molecule has 98 valence electrons.